The highest BCUT2D eigenvalue weighted by Gasteiger charge is 2.22. The Morgan fingerprint density at radius 2 is 1.83 bits per heavy atom. The summed E-state index contributed by atoms with van der Waals surface area (Å²) in [6, 6.07) is 9.36. The maximum absolute atomic E-state index is 10.9. The number of nitrogens with zero attached hydrogens (tertiary/aromatic N) is 4. The number of benzene rings is 1. The van der Waals surface area contributed by atoms with E-state index < -0.39 is 5.97 Å². The second kappa shape index (κ2) is 6.75. The fourth-order valence-electron chi connectivity index (χ4n) is 2.92. The van der Waals surface area contributed by atoms with Crippen LogP contribution >= 0.6 is 0 Å². The van der Waals surface area contributed by atoms with E-state index in [0.29, 0.717) is 5.56 Å². The van der Waals surface area contributed by atoms with Gasteiger partial charge in [0.25, 0.3) is 0 Å². The number of piperazine rings is 1. The summed E-state index contributed by atoms with van der Waals surface area (Å²) in [4.78, 5) is 23.9. The molecular weight excluding hydrogens is 292 g/mol. The van der Waals surface area contributed by atoms with Crippen molar-refractivity contribution in [2.75, 3.05) is 31.1 Å². The van der Waals surface area contributed by atoms with Crippen molar-refractivity contribution in [3.63, 3.8) is 0 Å². The molecule has 0 spiro atoms. The molecule has 0 aliphatic carbocycles. The van der Waals surface area contributed by atoms with Gasteiger partial charge in [-0.15, -0.1) is 0 Å². The van der Waals surface area contributed by atoms with E-state index in [-0.39, 0.29) is 6.04 Å². The molecule has 0 radical (unpaired) electrons. The van der Waals surface area contributed by atoms with Crippen molar-refractivity contribution in [3.8, 4) is 0 Å². The van der Waals surface area contributed by atoms with Crippen LogP contribution in [0, 0.1) is 0 Å². The third-order valence-corrected chi connectivity index (χ3v) is 4.39. The first-order valence-electron chi connectivity index (χ1n) is 7.73. The van der Waals surface area contributed by atoms with Gasteiger partial charge < -0.3 is 10.0 Å². The van der Waals surface area contributed by atoms with Crippen LogP contribution in [0.15, 0.2) is 42.9 Å². The van der Waals surface area contributed by atoms with Crippen LogP contribution in [0.5, 0.6) is 0 Å². The van der Waals surface area contributed by atoms with E-state index in [2.05, 4.69) is 26.7 Å². The first-order chi connectivity index (χ1) is 11.1. The van der Waals surface area contributed by atoms with Crippen molar-refractivity contribution >= 4 is 11.8 Å². The van der Waals surface area contributed by atoms with Crippen molar-refractivity contribution < 1.29 is 9.90 Å². The maximum atomic E-state index is 10.9. The molecule has 1 fully saturated rings. The van der Waals surface area contributed by atoms with Crippen molar-refractivity contribution in [2.24, 2.45) is 0 Å². The van der Waals surface area contributed by atoms with Crippen LogP contribution < -0.4 is 4.90 Å². The normalized spacial score (nSPS) is 17.0. The standard InChI is InChI=1S/C17H20N4O2/c1-13(14-2-4-15(5-3-14)17(22)23)20-8-10-21(11-9-20)16-6-7-18-12-19-16/h2-7,12-13H,8-11H2,1H3,(H,22,23)/t13-/m1/s1. The summed E-state index contributed by atoms with van der Waals surface area (Å²) in [5.74, 6) is 0.0841. The van der Waals surface area contributed by atoms with E-state index in [0.717, 1.165) is 37.6 Å². The molecule has 1 aromatic carbocycles. The minimum absolute atomic E-state index is 0.269. The number of carboxylic acid groups (broad SMARTS) is 1. The molecule has 0 amide bonds. The number of aromatic nitrogens is 2. The van der Waals surface area contributed by atoms with Crippen LogP contribution in [0.25, 0.3) is 0 Å². The number of hydrogen-bond acceptors (Lipinski definition) is 5. The Hall–Kier alpha value is -2.47. The van der Waals surface area contributed by atoms with E-state index >= 15 is 0 Å². The van der Waals surface area contributed by atoms with E-state index in [4.69, 9.17) is 5.11 Å². The Labute approximate surface area is 135 Å². The Bertz CT molecular complexity index is 652. The molecule has 1 aliphatic heterocycles. The van der Waals surface area contributed by atoms with Gasteiger partial charge >= 0.3 is 5.97 Å². The van der Waals surface area contributed by atoms with Crippen LogP contribution in [-0.2, 0) is 0 Å². The summed E-state index contributed by atoms with van der Waals surface area (Å²) < 4.78 is 0. The average molecular weight is 312 g/mol. The molecule has 6 heteroatoms. The lowest BCUT2D eigenvalue weighted by Crippen LogP contribution is -2.47. The first kappa shape index (κ1) is 15.4. The van der Waals surface area contributed by atoms with Crippen LogP contribution in [0.4, 0.5) is 5.82 Å². The Morgan fingerprint density at radius 3 is 2.39 bits per heavy atom. The summed E-state index contributed by atoms with van der Waals surface area (Å²) in [6.45, 7) is 5.91. The highest BCUT2D eigenvalue weighted by Crippen LogP contribution is 2.23. The van der Waals surface area contributed by atoms with Crippen molar-refractivity contribution in [1.82, 2.24) is 14.9 Å². The SMILES string of the molecule is C[C@H](c1ccc(C(=O)O)cc1)N1CCN(c2ccncn2)CC1. The van der Waals surface area contributed by atoms with Gasteiger partial charge in [-0.1, -0.05) is 12.1 Å². The summed E-state index contributed by atoms with van der Waals surface area (Å²) in [7, 11) is 0. The number of carboxylic acids is 1. The van der Waals surface area contributed by atoms with Gasteiger partial charge in [0.2, 0.25) is 0 Å². The van der Waals surface area contributed by atoms with E-state index in [9.17, 15) is 4.79 Å². The molecule has 1 saturated heterocycles. The van der Waals surface area contributed by atoms with Gasteiger partial charge in [-0.3, -0.25) is 4.90 Å². The topological polar surface area (TPSA) is 69.6 Å². The lowest BCUT2D eigenvalue weighted by molar-refractivity contribution is 0.0697. The Balaban J connectivity index is 1.61. The zero-order chi connectivity index (χ0) is 16.2. The van der Waals surface area contributed by atoms with E-state index in [1.54, 1.807) is 24.7 Å². The number of anilines is 1. The Kier molecular flexibility index (Phi) is 4.52. The number of aromatic carboxylic acids is 1. The van der Waals surface area contributed by atoms with Gasteiger partial charge in [-0.05, 0) is 30.7 Å². The third-order valence-electron chi connectivity index (χ3n) is 4.39. The maximum Gasteiger partial charge on any atom is 0.335 e. The van der Waals surface area contributed by atoms with Gasteiger partial charge in [-0.25, -0.2) is 14.8 Å². The van der Waals surface area contributed by atoms with Gasteiger partial charge in [0.1, 0.15) is 12.1 Å². The molecular formula is C17H20N4O2. The molecule has 2 aromatic rings. The quantitative estimate of drug-likeness (QED) is 0.932. The molecule has 6 nitrogen and oxygen atoms in total. The molecule has 120 valence electrons. The zero-order valence-electron chi connectivity index (χ0n) is 13.1. The highest BCUT2D eigenvalue weighted by atomic mass is 16.4. The van der Waals surface area contributed by atoms with Crippen molar-refractivity contribution in [3.05, 3.63) is 54.0 Å². The predicted molar refractivity (Wildman–Crippen MR) is 87.6 cm³/mol. The van der Waals surface area contributed by atoms with Gasteiger partial charge in [0.15, 0.2) is 0 Å². The summed E-state index contributed by atoms with van der Waals surface area (Å²) in [5.41, 5.74) is 1.47. The summed E-state index contributed by atoms with van der Waals surface area (Å²) in [5, 5.41) is 8.97. The van der Waals surface area contributed by atoms with Gasteiger partial charge in [0, 0.05) is 38.4 Å². The first-order valence-corrected chi connectivity index (χ1v) is 7.73. The fraction of sp³-hybridized carbons (Fsp3) is 0.353. The van der Waals surface area contributed by atoms with Crippen LogP contribution in [0.3, 0.4) is 0 Å². The molecule has 1 N–H and O–H groups in total. The third kappa shape index (κ3) is 3.48. The smallest absolute Gasteiger partial charge is 0.335 e. The predicted octanol–water partition coefficient (Wildman–Crippen LogP) is 2.06. The molecule has 23 heavy (non-hydrogen) atoms. The molecule has 0 saturated carbocycles. The highest BCUT2D eigenvalue weighted by molar-refractivity contribution is 5.87. The molecule has 2 heterocycles. The van der Waals surface area contributed by atoms with Gasteiger partial charge in [0.05, 0.1) is 5.56 Å². The van der Waals surface area contributed by atoms with Crippen LogP contribution in [0.2, 0.25) is 0 Å². The number of rotatable bonds is 4. The van der Waals surface area contributed by atoms with E-state index in [1.807, 2.05) is 18.2 Å². The number of hydrogen-bond donors (Lipinski definition) is 1. The van der Waals surface area contributed by atoms with Crippen LogP contribution in [0.1, 0.15) is 28.9 Å². The van der Waals surface area contributed by atoms with Crippen molar-refractivity contribution in [2.45, 2.75) is 13.0 Å². The van der Waals surface area contributed by atoms with E-state index in [1.165, 1.54) is 0 Å². The monoisotopic (exact) mass is 312 g/mol. The fourth-order valence-corrected chi connectivity index (χ4v) is 2.92. The average Bonchev–Trinajstić information content (AvgIpc) is 2.62. The molecule has 3 rings (SSSR count). The molecule has 0 unspecified atom stereocenters. The second-order valence-electron chi connectivity index (χ2n) is 5.69. The largest absolute Gasteiger partial charge is 0.478 e. The molecule has 0 bridgehead atoms. The summed E-state index contributed by atoms with van der Waals surface area (Å²) >= 11 is 0. The lowest BCUT2D eigenvalue weighted by atomic mass is 10.0. The minimum atomic E-state index is -0.886. The van der Waals surface area contributed by atoms with Gasteiger partial charge in [-0.2, -0.15) is 0 Å². The zero-order valence-corrected chi connectivity index (χ0v) is 13.1. The molecule has 1 aromatic heterocycles. The summed E-state index contributed by atoms with van der Waals surface area (Å²) in [6.07, 6.45) is 3.34. The lowest BCUT2D eigenvalue weighted by Gasteiger charge is -2.38. The minimum Gasteiger partial charge on any atom is -0.478 e. The van der Waals surface area contributed by atoms with Crippen molar-refractivity contribution in [1.29, 1.82) is 0 Å². The number of carbonyl (C=O) groups is 1. The van der Waals surface area contributed by atoms with Crippen LogP contribution in [-0.4, -0.2) is 52.1 Å². The molecule has 1 atom stereocenters. The molecule has 1 aliphatic rings. The second-order valence-corrected chi connectivity index (χ2v) is 5.69. The Morgan fingerprint density at radius 1 is 1.13 bits per heavy atom.